The fraction of sp³-hybridized carbons (Fsp3) is 0.400. The summed E-state index contributed by atoms with van der Waals surface area (Å²) in [5.41, 5.74) is 9.41. The standard InChI is InChI=1S/C11H11.C7H9.C2H6Si.2ClH.Zr/c1-8-7-10-5-3-4-6-11(10)9(8)2;1-6-3-4-7(2)5-6;1-3-2;;;/h3-7H,1-2H3;5H,3H2,1-2H3;1-2H3;2*1H;/q;;;;;+2/p-2. The molecule has 0 aliphatic heterocycles. The molecule has 0 N–H and O–H groups in total. The van der Waals surface area contributed by atoms with Gasteiger partial charge in [-0.05, 0) is 0 Å². The zero-order valence-electron chi connectivity index (χ0n) is 15.4. The van der Waals surface area contributed by atoms with Gasteiger partial charge in [-0.15, -0.1) is 0 Å². The normalized spacial score (nSPS) is 18.4. The van der Waals surface area contributed by atoms with Gasteiger partial charge in [-0.3, -0.25) is 0 Å². The third-order valence-corrected chi connectivity index (χ3v) is 24.0. The van der Waals surface area contributed by atoms with Crippen LogP contribution in [0, 0.1) is 0 Å². The van der Waals surface area contributed by atoms with Gasteiger partial charge < -0.3 is 24.8 Å². The van der Waals surface area contributed by atoms with Crippen LogP contribution in [-0.2, 0) is 20.4 Å². The molecular weight excluding hydrogens is 430 g/mol. The first-order chi connectivity index (χ1) is 10.4. The van der Waals surface area contributed by atoms with E-state index < -0.39 is 20.4 Å². The number of allylic oxidation sites excluding steroid dienone is 6. The maximum Gasteiger partial charge on any atom is -1.00 e. The first-order valence-electron chi connectivity index (χ1n) is 8.23. The summed E-state index contributed by atoms with van der Waals surface area (Å²) in [6, 6.07) is 9.20. The Morgan fingerprint density at radius 1 is 1.00 bits per heavy atom. The van der Waals surface area contributed by atoms with Crippen molar-refractivity contribution in [2.24, 2.45) is 0 Å². The predicted octanol–water partition coefficient (Wildman–Crippen LogP) is 0.0360. The van der Waals surface area contributed by atoms with E-state index in [-0.39, 0.29) is 30.2 Å². The second-order valence-electron chi connectivity index (χ2n) is 7.07. The van der Waals surface area contributed by atoms with E-state index >= 15 is 0 Å². The van der Waals surface area contributed by atoms with Crippen LogP contribution in [-0.4, -0.2) is 5.43 Å². The van der Waals surface area contributed by atoms with Gasteiger partial charge in [0.1, 0.15) is 0 Å². The smallest absolute Gasteiger partial charge is 1.00 e. The maximum absolute atomic E-state index is 2.58. The van der Waals surface area contributed by atoms with Gasteiger partial charge >= 0.3 is 144 Å². The van der Waals surface area contributed by atoms with Crippen LogP contribution in [0.15, 0.2) is 50.3 Å². The zero-order valence-corrected chi connectivity index (χ0v) is 20.4. The third-order valence-electron chi connectivity index (χ3n) is 5.25. The second kappa shape index (κ2) is 8.67. The molecule has 1 aromatic carbocycles. The summed E-state index contributed by atoms with van der Waals surface area (Å²) in [6.07, 6.45) is 3.73. The van der Waals surface area contributed by atoms with Gasteiger partial charge in [0, 0.05) is 0 Å². The molecule has 2 aliphatic carbocycles. The molecule has 0 saturated carbocycles. The Hall–Kier alpha value is 0.120. The van der Waals surface area contributed by atoms with Crippen LogP contribution in [0.25, 0.3) is 5.57 Å². The molecule has 0 aromatic heterocycles. The molecule has 3 rings (SSSR count). The minimum absolute atomic E-state index is 0. The van der Waals surface area contributed by atoms with Crippen LogP contribution in [0.1, 0.15) is 48.9 Å². The molecule has 1 atom stereocenters. The summed E-state index contributed by atoms with van der Waals surface area (Å²) in [5.74, 6) is 0. The summed E-state index contributed by atoms with van der Waals surface area (Å²) in [7, 11) is 0. The molecule has 1 aromatic rings. The molecular formula is C20H26Cl2SiZr. The van der Waals surface area contributed by atoms with Crippen molar-refractivity contribution < 1.29 is 45.2 Å². The fourth-order valence-electron chi connectivity index (χ4n) is 4.12. The van der Waals surface area contributed by atoms with E-state index in [4.69, 9.17) is 0 Å². The van der Waals surface area contributed by atoms with Gasteiger partial charge in [0.05, 0.1) is 0 Å². The van der Waals surface area contributed by atoms with Crippen LogP contribution in [0.2, 0.25) is 13.1 Å². The topological polar surface area (TPSA) is 0 Å². The molecule has 0 heterocycles. The van der Waals surface area contributed by atoms with Crippen LogP contribution < -0.4 is 24.8 Å². The average Bonchev–Trinajstić information content (AvgIpc) is 2.92. The van der Waals surface area contributed by atoms with E-state index in [0.29, 0.717) is 0 Å². The van der Waals surface area contributed by atoms with Crippen molar-refractivity contribution in [2.75, 3.05) is 0 Å². The molecule has 2 aliphatic rings. The quantitative estimate of drug-likeness (QED) is 0.552. The Morgan fingerprint density at radius 2 is 1.62 bits per heavy atom. The SMILES string of the molecule is CC1=CC(C)=[C]([Zr+2]([CH]2C(C)=C(C)c3ccccc32)=[Si](C)C)C1.[Cl-].[Cl-]. The number of hydrogen-bond donors (Lipinski definition) is 0. The molecule has 4 heteroatoms. The van der Waals surface area contributed by atoms with Gasteiger partial charge in [0.2, 0.25) is 0 Å². The van der Waals surface area contributed by atoms with Crippen molar-refractivity contribution in [1.82, 2.24) is 0 Å². The maximum atomic E-state index is 2.58. The van der Waals surface area contributed by atoms with E-state index in [1.54, 1.807) is 27.9 Å². The van der Waals surface area contributed by atoms with Crippen molar-refractivity contribution in [1.29, 1.82) is 0 Å². The summed E-state index contributed by atoms with van der Waals surface area (Å²) < 4.78 is 2.71. The van der Waals surface area contributed by atoms with Crippen molar-refractivity contribution in [3.63, 3.8) is 0 Å². The molecule has 128 valence electrons. The number of fused-ring (bicyclic) bond motifs is 1. The van der Waals surface area contributed by atoms with Crippen LogP contribution >= 0.6 is 0 Å². The molecule has 1 unspecified atom stereocenters. The molecule has 0 nitrogen and oxygen atoms in total. The van der Waals surface area contributed by atoms with E-state index in [0.717, 1.165) is 3.63 Å². The zero-order chi connectivity index (χ0) is 16.0. The number of rotatable bonds is 2. The third kappa shape index (κ3) is 3.78. The first-order valence-corrected chi connectivity index (χ1v) is 17.1. The van der Waals surface area contributed by atoms with Crippen molar-refractivity contribution in [3.8, 4) is 0 Å². The molecule has 0 radical (unpaired) electrons. The van der Waals surface area contributed by atoms with E-state index in [1.807, 2.05) is 3.28 Å². The Bertz CT molecular complexity index is 781. The van der Waals surface area contributed by atoms with E-state index in [2.05, 4.69) is 71.1 Å². The van der Waals surface area contributed by atoms with Gasteiger partial charge in [-0.2, -0.15) is 0 Å². The minimum atomic E-state index is -1.67. The summed E-state index contributed by atoms with van der Waals surface area (Å²) in [5, 5.41) is 0. The summed E-state index contributed by atoms with van der Waals surface area (Å²) in [4.78, 5) is 0. The average molecular weight is 457 g/mol. The van der Waals surface area contributed by atoms with Gasteiger partial charge in [-0.1, -0.05) is 0 Å². The van der Waals surface area contributed by atoms with Crippen molar-refractivity contribution in [2.45, 2.75) is 50.8 Å². The number of benzene rings is 1. The molecule has 0 bridgehead atoms. The van der Waals surface area contributed by atoms with Gasteiger partial charge in [0.25, 0.3) is 0 Å². The van der Waals surface area contributed by atoms with Gasteiger partial charge in [-0.25, -0.2) is 0 Å². The Morgan fingerprint density at radius 3 is 2.17 bits per heavy atom. The Balaban J connectivity index is 0.00000144. The number of halogens is 2. The fourth-order valence-corrected chi connectivity index (χ4v) is 24.1. The largest absolute Gasteiger partial charge is 1.00 e. The molecule has 24 heavy (non-hydrogen) atoms. The monoisotopic (exact) mass is 454 g/mol. The predicted molar refractivity (Wildman–Crippen MR) is 96.0 cm³/mol. The van der Waals surface area contributed by atoms with E-state index in [9.17, 15) is 0 Å². The first kappa shape index (κ1) is 22.2. The van der Waals surface area contributed by atoms with Crippen molar-refractivity contribution in [3.05, 3.63) is 61.5 Å². The van der Waals surface area contributed by atoms with E-state index in [1.165, 1.54) is 12.0 Å². The van der Waals surface area contributed by atoms with Crippen LogP contribution in [0.5, 0.6) is 0 Å². The molecule has 0 amide bonds. The van der Waals surface area contributed by atoms with Crippen LogP contribution in [0.4, 0.5) is 0 Å². The second-order valence-corrected chi connectivity index (χ2v) is 24.6. The molecule has 0 saturated heterocycles. The van der Waals surface area contributed by atoms with Gasteiger partial charge in [0.15, 0.2) is 0 Å². The summed E-state index contributed by atoms with van der Waals surface area (Å²) in [6.45, 7) is 14.6. The Labute approximate surface area is 167 Å². The van der Waals surface area contributed by atoms with Crippen molar-refractivity contribution >= 4 is 11.0 Å². The molecule has 0 fully saturated rings. The number of hydrogen-bond acceptors (Lipinski definition) is 0. The summed E-state index contributed by atoms with van der Waals surface area (Å²) >= 11 is -1.67. The molecule has 0 spiro atoms. The minimum Gasteiger partial charge on any atom is -1.00 e. The Kier molecular flexibility index (Phi) is 8.01. The van der Waals surface area contributed by atoms with Crippen LogP contribution in [0.3, 0.4) is 0 Å².